The van der Waals surface area contributed by atoms with E-state index in [1.165, 1.54) is 6.33 Å². The molecule has 0 aromatic carbocycles. The van der Waals surface area contributed by atoms with Gasteiger partial charge in [0.05, 0.1) is 6.20 Å². The van der Waals surface area contributed by atoms with Gasteiger partial charge in [-0.1, -0.05) is 12.8 Å². The van der Waals surface area contributed by atoms with E-state index >= 15 is 0 Å². The quantitative estimate of drug-likeness (QED) is 0.663. The second-order valence-electron chi connectivity index (χ2n) is 5.15. The van der Waals surface area contributed by atoms with Crippen LogP contribution in [0.15, 0.2) is 37.2 Å². The lowest BCUT2D eigenvalue weighted by atomic mass is 10.1. The zero-order valence-electron chi connectivity index (χ0n) is 12.9. The van der Waals surface area contributed by atoms with Gasteiger partial charge in [0.1, 0.15) is 17.9 Å². The molecule has 0 aliphatic rings. The fraction of sp³-hybridized carbons (Fsp3) is 0.438. The van der Waals surface area contributed by atoms with Crippen LogP contribution < -0.4 is 4.90 Å². The Morgan fingerprint density at radius 2 is 1.86 bits per heavy atom. The molecule has 6 heteroatoms. The lowest BCUT2D eigenvalue weighted by molar-refractivity contribution is -0.117. The van der Waals surface area contributed by atoms with Crippen molar-refractivity contribution in [2.75, 3.05) is 11.4 Å². The minimum atomic E-state index is 0.266. The van der Waals surface area contributed by atoms with E-state index in [0.717, 1.165) is 43.9 Å². The third-order valence-corrected chi connectivity index (χ3v) is 3.33. The predicted octanol–water partition coefficient (Wildman–Crippen LogP) is 2.94. The van der Waals surface area contributed by atoms with Crippen LogP contribution in [0.2, 0.25) is 0 Å². The molecule has 0 saturated heterocycles. The Bertz CT molecular complexity index is 522. The van der Waals surface area contributed by atoms with Gasteiger partial charge in [-0.25, -0.2) is 15.0 Å². The third kappa shape index (κ3) is 5.20. The van der Waals surface area contributed by atoms with Gasteiger partial charge < -0.3 is 9.69 Å². The van der Waals surface area contributed by atoms with E-state index in [1.54, 1.807) is 31.7 Å². The molecule has 0 amide bonds. The average Bonchev–Trinajstić information content (AvgIpc) is 2.55. The molecule has 2 aromatic heterocycles. The van der Waals surface area contributed by atoms with Gasteiger partial charge >= 0.3 is 0 Å². The Kier molecular flexibility index (Phi) is 6.41. The van der Waals surface area contributed by atoms with E-state index < -0.39 is 0 Å². The summed E-state index contributed by atoms with van der Waals surface area (Å²) < 4.78 is 0. The SMILES string of the molecule is CC(=O)CCCCCCN(c1ccncn1)c1cnccn1. The van der Waals surface area contributed by atoms with Crippen molar-refractivity contribution in [3.05, 3.63) is 37.2 Å². The summed E-state index contributed by atoms with van der Waals surface area (Å²) in [6.45, 7) is 2.46. The fourth-order valence-electron chi connectivity index (χ4n) is 2.22. The Labute approximate surface area is 130 Å². The van der Waals surface area contributed by atoms with Crippen LogP contribution in [0.4, 0.5) is 11.6 Å². The first-order valence-electron chi connectivity index (χ1n) is 7.56. The van der Waals surface area contributed by atoms with Crippen LogP contribution >= 0.6 is 0 Å². The monoisotopic (exact) mass is 299 g/mol. The van der Waals surface area contributed by atoms with Crippen molar-refractivity contribution in [2.45, 2.75) is 39.0 Å². The number of nitrogens with zero attached hydrogens (tertiary/aromatic N) is 5. The molecule has 0 atom stereocenters. The molecule has 2 rings (SSSR count). The number of aromatic nitrogens is 4. The normalized spacial score (nSPS) is 10.4. The summed E-state index contributed by atoms with van der Waals surface area (Å²) in [6.07, 6.45) is 13.1. The maximum atomic E-state index is 10.9. The molecule has 0 spiro atoms. The first-order chi connectivity index (χ1) is 10.8. The van der Waals surface area contributed by atoms with Crippen molar-refractivity contribution >= 4 is 17.4 Å². The molecule has 0 N–H and O–H groups in total. The molecule has 6 nitrogen and oxygen atoms in total. The Morgan fingerprint density at radius 3 is 2.55 bits per heavy atom. The van der Waals surface area contributed by atoms with Gasteiger partial charge in [0.2, 0.25) is 0 Å². The number of rotatable bonds is 9. The summed E-state index contributed by atoms with van der Waals surface area (Å²) >= 11 is 0. The zero-order chi connectivity index (χ0) is 15.6. The lowest BCUT2D eigenvalue weighted by Gasteiger charge is -2.21. The van der Waals surface area contributed by atoms with Crippen molar-refractivity contribution in [3.8, 4) is 0 Å². The van der Waals surface area contributed by atoms with Crippen LogP contribution in [0.25, 0.3) is 0 Å². The summed E-state index contributed by atoms with van der Waals surface area (Å²) in [6, 6.07) is 1.87. The second-order valence-corrected chi connectivity index (χ2v) is 5.15. The number of carbonyl (C=O) groups excluding carboxylic acids is 1. The maximum absolute atomic E-state index is 10.9. The number of unbranched alkanes of at least 4 members (excludes halogenated alkanes) is 3. The summed E-state index contributed by atoms with van der Waals surface area (Å²) in [7, 11) is 0. The Balaban J connectivity index is 1.91. The number of hydrogen-bond donors (Lipinski definition) is 0. The van der Waals surface area contributed by atoms with E-state index in [9.17, 15) is 4.79 Å². The Morgan fingerprint density at radius 1 is 1.00 bits per heavy atom. The molecule has 0 radical (unpaired) electrons. The molecule has 0 aliphatic heterocycles. The van der Waals surface area contributed by atoms with Crippen LogP contribution in [-0.4, -0.2) is 32.3 Å². The molecule has 2 aromatic rings. The molecule has 0 saturated carbocycles. The van der Waals surface area contributed by atoms with E-state index in [4.69, 9.17) is 0 Å². The van der Waals surface area contributed by atoms with Crippen molar-refractivity contribution in [3.63, 3.8) is 0 Å². The van der Waals surface area contributed by atoms with Crippen LogP contribution in [0, 0.1) is 0 Å². The number of anilines is 2. The molecule has 0 unspecified atom stereocenters. The molecule has 0 bridgehead atoms. The summed E-state index contributed by atoms with van der Waals surface area (Å²) in [5.41, 5.74) is 0. The van der Waals surface area contributed by atoms with E-state index in [-0.39, 0.29) is 5.78 Å². The Hall–Kier alpha value is -2.37. The number of ketones is 1. The lowest BCUT2D eigenvalue weighted by Crippen LogP contribution is -2.20. The van der Waals surface area contributed by atoms with Crippen LogP contribution in [0.5, 0.6) is 0 Å². The van der Waals surface area contributed by atoms with Gasteiger partial charge in [0, 0.05) is 31.6 Å². The van der Waals surface area contributed by atoms with Gasteiger partial charge in [0.15, 0.2) is 5.82 Å². The minimum absolute atomic E-state index is 0.266. The summed E-state index contributed by atoms with van der Waals surface area (Å²) in [5, 5.41) is 0. The highest BCUT2D eigenvalue weighted by Crippen LogP contribution is 2.20. The number of carbonyl (C=O) groups is 1. The average molecular weight is 299 g/mol. The molecule has 0 aliphatic carbocycles. The first kappa shape index (κ1) is 16.0. The maximum Gasteiger partial charge on any atom is 0.152 e. The zero-order valence-corrected chi connectivity index (χ0v) is 12.9. The highest BCUT2D eigenvalue weighted by atomic mass is 16.1. The van der Waals surface area contributed by atoms with E-state index in [0.29, 0.717) is 6.42 Å². The third-order valence-electron chi connectivity index (χ3n) is 3.33. The van der Waals surface area contributed by atoms with Gasteiger partial charge in [0.25, 0.3) is 0 Å². The van der Waals surface area contributed by atoms with Crippen molar-refractivity contribution in [2.24, 2.45) is 0 Å². The number of Topliss-reactive ketones (excluding diaryl/α,β-unsaturated/α-hetero) is 1. The van der Waals surface area contributed by atoms with Gasteiger partial charge in [-0.15, -0.1) is 0 Å². The standard InChI is InChI=1S/C16H21N5O/c1-14(22)6-4-2-3-5-11-21(15-7-8-18-13-20-15)16-12-17-9-10-19-16/h7-10,12-13H,2-6,11H2,1H3. The largest absolute Gasteiger partial charge is 0.310 e. The van der Waals surface area contributed by atoms with Crippen LogP contribution in [-0.2, 0) is 4.79 Å². The molecule has 22 heavy (non-hydrogen) atoms. The van der Waals surface area contributed by atoms with Crippen molar-refractivity contribution in [1.82, 2.24) is 19.9 Å². The van der Waals surface area contributed by atoms with Gasteiger partial charge in [-0.2, -0.15) is 0 Å². The van der Waals surface area contributed by atoms with Crippen LogP contribution in [0.1, 0.15) is 39.0 Å². The fourth-order valence-corrected chi connectivity index (χ4v) is 2.22. The topological polar surface area (TPSA) is 71.9 Å². The molecule has 116 valence electrons. The second kappa shape index (κ2) is 8.81. The van der Waals surface area contributed by atoms with Crippen molar-refractivity contribution < 1.29 is 4.79 Å². The molecule has 2 heterocycles. The minimum Gasteiger partial charge on any atom is -0.310 e. The van der Waals surface area contributed by atoms with Gasteiger partial charge in [-0.3, -0.25) is 4.98 Å². The first-order valence-corrected chi connectivity index (χ1v) is 7.56. The van der Waals surface area contributed by atoms with Gasteiger partial charge in [-0.05, 0) is 25.8 Å². The van der Waals surface area contributed by atoms with Crippen molar-refractivity contribution in [1.29, 1.82) is 0 Å². The highest BCUT2D eigenvalue weighted by Gasteiger charge is 2.11. The molecule has 0 fully saturated rings. The smallest absolute Gasteiger partial charge is 0.152 e. The molecular weight excluding hydrogens is 278 g/mol. The summed E-state index contributed by atoms with van der Waals surface area (Å²) in [5.74, 6) is 1.87. The summed E-state index contributed by atoms with van der Waals surface area (Å²) in [4.78, 5) is 29.7. The van der Waals surface area contributed by atoms with E-state index in [2.05, 4.69) is 19.9 Å². The highest BCUT2D eigenvalue weighted by molar-refractivity contribution is 5.75. The van der Waals surface area contributed by atoms with E-state index in [1.807, 2.05) is 11.0 Å². The molecular formula is C16H21N5O. The van der Waals surface area contributed by atoms with Crippen LogP contribution in [0.3, 0.4) is 0 Å². The predicted molar refractivity (Wildman–Crippen MR) is 84.8 cm³/mol. The number of hydrogen-bond acceptors (Lipinski definition) is 6.